The summed E-state index contributed by atoms with van der Waals surface area (Å²) < 4.78 is 63.8. The van der Waals surface area contributed by atoms with Gasteiger partial charge in [0.1, 0.15) is 5.69 Å². The highest BCUT2D eigenvalue weighted by molar-refractivity contribution is 5.31. The first-order chi connectivity index (χ1) is 9.34. The lowest BCUT2D eigenvalue weighted by Gasteiger charge is -2.09. The molecule has 20 heavy (non-hydrogen) atoms. The molecule has 2 heterocycles. The van der Waals surface area contributed by atoms with E-state index in [1.165, 1.54) is 0 Å². The van der Waals surface area contributed by atoms with Crippen molar-refractivity contribution in [2.24, 2.45) is 5.73 Å². The number of nitrogens with zero attached hydrogens (tertiary/aromatic N) is 3. The van der Waals surface area contributed by atoms with Crippen molar-refractivity contribution in [3.63, 3.8) is 0 Å². The van der Waals surface area contributed by atoms with Crippen LogP contribution in [0.3, 0.4) is 0 Å². The van der Waals surface area contributed by atoms with Crippen LogP contribution in [0.1, 0.15) is 23.2 Å². The molecule has 4 nitrogen and oxygen atoms in total. The number of alkyl halides is 5. The first kappa shape index (κ1) is 14.4. The van der Waals surface area contributed by atoms with Crippen molar-refractivity contribution in [3.8, 4) is 5.82 Å². The average Bonchev–Trinajstić information content (AvgIpc) is 2.81. The summed E-state index contributed by atoms with van der Waals surface area (Å²) in [6.07, 6.45) is -5.70. The van der Waals surface area contributed by atoms with Crippen LogP contribution in [0.5, 0.6) is 0 Å². The predicted molar refractivity (Wildman–Crippen MR) is 59.2 cm³/mol. The minimum Gasteiger partial charge on any atom is -0.326 e. The number of aromatic nitrogens is 3. The van der Waals surface area contributed by atoms with Crippen LogP contribution in [0, 0.1) is 0 Å². The minimum absolute atomic E-state index is 0.113. The van der Waals surface area contributed by atoms with E-state index in [4.69, 9.17) is 5.73 Å². The minimum atomic E-state index is -4.54. The SMILES string of the molecule is NCc1cnn(-c2ccc(C(F)(F)F)cn2)c1C(F)F. The average molecular weight is 292 g/mol. The van der Waals surface area contributed by atoms with Gasteiger partial charge in [-0.05, 0) is 12.1 Å². The number of hydrogen-bond acceptors (Lipinski definition) is 3. The molecule has 0 unspecified atom stereocenters. The lowest BCUT2D eigenvalue weighted by molar-refractivity contribution is -0.137. The van der Waals surface area contributed by atoms with Crippen molar-refractivity contribution in [1.82, 2.24) is 14.8 Å². The van der Waals surface area contributed by atoms with Crippen LogP contribution >= 0.6 is 0 Å². The summed E-state index contributed by atoms with van der Waals surface area (Å²) in [5, 5.41) is 3.68. The molecule has 0 saturated heterocycles. The van der Waals surface area contributed by atoms with Crippen molar-refractivity contribution in [3.05, 3.63) is 41.3 Å². The summed E-state index contributed by atoms with van der Waals surface area (Å²) in [6, 6.07) is 1.73. The quantitative estimate of drug-likeness (QED) is 0.885. The Kier molecular flexibility index (Phi) is 3.71. The van der Waals surface area contributed by atoms with E-state index in [0.717, 1.165) is 23.0 Å². The highest BCUT2D eigenvalue weighted by Gasteiger charge is 2.31. The van der Waals surface area contributed by atoms with Crippen molar-refractivity contribution in [1.29, 1.82) is 0 Å². The molecular formula is C11H9F5N4. The van der Waals surface area contributed by atoms with Gasteiger partial charge >= 0.3 is 6.18 Å². The van der Waals surface area contributed by atoms with E-state index in [2.05, 4.69) is 10.1 Å². The Bertz CT molecular complexity index is 588. The molecule has 0 atom stereocenters. The smallest absolute Gasteiger partial charge is 0.326 e. The maximum atomic E-state index is 12.9. The molecule has 0 amide bonds. The zero-order valence-corrected chi connectivity index (χ0v) is 9.90. The Morgan fingerprint density at radius 3 is 2.35 bits per heavy atom. The summed E-state index contributed by atoms with van der Waals surface area (Å²) in [4.78, 5) is 3.51. The first-order valence-corrected chi connectivity index (χ1v) is 5.43. The summed E-state index contributed by atoms with van der Waals surface area (Å²) in [5.74, 6) is -0.131. The van der Waals surface area contributed by atoms with E-state index in [1.54, 1.807) is 0 Å². The Balaban J connectivity index is 2.45. The fourth-order valence-electron chi connectivity index (χ4n) is 1.64. The third-order valence-electron chi connectivity index (χ3n) is 2.61. The van der Waals surface area contributed by atoms with Gasteiger partial charge < -0.3 is 5.73 Å². The van der Waals surface area contributed by atoms with Crippen LogP contribution in [0.2, 0.25) is 0 Å². The summed E-state index contributed by atoms with van der Waals surface area (Å²) in [5.41, 5.74) is 3.98. The predicted octanol–water partition coefficient (Wildman–Crippen LogP) is 2.68. The molecule has 0 aromatic carbocycles. The van der Waals surface area contributed by atoms with Gasteiger partial charge in [0.15, 0.2) is 5.82 Å². The van der Waals surface area contributed by atoms with Gasteiger partial charge in [0.05, 0.1) is 11.8 Å². The Hall–Kier alpha value is -2.03. The molecule has 0 bridgehead atoms. The zero-order valence-electron chi connectivity index (χ0n) is 9.90. The maximum Gasteiger partial charge on any atom is 0.417 e. The van der Waals surface area contributed by atoms with E-state index in [-0.39, 0.29) is 17.9 Å². The second kappa shape index (κ2) is 5.16. The third kappa shape index (κ3) is 2.62. The normalized spacial score (nSPS) is 12.2. The number of nitrogens with two attached hydrogens (primary N) is 1. The van der Waals surface area contributed by atoms with E-state index < -0.39 is 23.9 Å². The van der Waals surface area contributed by atoms with E-state index >= 15 is 0 Å². The second-order valence-electron chi connectivity index (χ2n) is 3.87. The van der Waals surface area contributed by atoms with Crippen molar-refractivity contribution < 1.29 is 22.0 Å². The van der Waals surface area contributed by atoms with Gasteiger partial charge in [-0.1, -0.05) is 0 Å². The van der Waals surface area contributed by atoms with Gasteiger partial charge in [-0.15, -0.1) is 0 Å². The molecule has 2 aromatic rings. The zero-order chi connectivity index (χ0) is 14.9. The molecule has 0 fully saturated rings. The molecule has 9 heteroatoms. The van der Waals surface area contributed by atoms with Gasteiger partial charge in [0.2, 0.25) is 0 Å². The Labute approximate surface area is 110 Å². The lowest BCUT2D eigenvalue weighted by Crippen LogP contribution is -2.10. The van der Waals surface area contributed by atoms with Gasteiger partial charge in [-0.25, -0.2) is 18.4 Å². The van der Waals surface area contributed by atoms with Crippen LogP contribution in [-0.4, -0.2) is 14.8 Å². The molecule has 0 aliphatic carbocycles. The van der Waals surface area contributed by atoms with Crippen LogP contribution in [0.4, 0.5) is 22.0 Å². The van der Waals surface area contributed by atoms with Gasteiger partial charge in [0, 0.05) is 18.3 Å². The molecule has 0 aliphatic rings. The number of pyridine rings is 1. The molecule has 2 N–H and O–H groups in total. The fraction of sp³-hybridized carbons (Fsp3) is 0.273. The van der Waals surface area contributed by atoms with E-state index in [9.17, 15) is 22.0 Å². The molecule has 0 aliphatic heterocycles. The summed E-state index contributed by atoms with van der Waals surface area (Å²) in [7, 11) is 0. The second-order valence-corrected chi connectivity index (χ2v) is 3.87. The van der Waals surface area contributed by atoms with Crippen LogP contribution in [0.15, 0.2) is 24.5 Å². The highest BCUT2D eigenvalue weighted by atomic mass is 19.4. The highest BCUT2D eigenvalue weighted by Crippen LogP contribution is 2.29. The molecule has 0 saturated carbocycles. The molecule has 0 spiro atoms. The van der Waals surface area contributed by atoms with Crippen molar-refractivity contribution >= 4 is 0 Å². The Morgan fingerprint density at radius 2 is 1.90 bits per heavy atom. The van der Waals surface area contributed by atoms with Crippen LogP contribution in [0.25, 0.3) is 5.82 Å². The lowest BCUT2D eigenvalue weighted by atomic mass is 10.2. The molecule has 2 aromatic heterocycles. The third-order valence-corrected chi connectivity index (χ3v) is 2.61. The van der Waals surface area contributed by atoms with Gasteiger partial charge in [-0.3, -0.25) is 0 Å². The molecule has 2 rings (SSSR count). The van der Waals surface area contributed by atoms with Gasteiger partial charge in [-0.2, -0.15) is 18.3 Å². The Morgan fingerprint density at radius 1 is 1.20 bits per heavy atom. The van der Waals surface area contributed by atoms with Crippen LogP contribution in [-0.2, 0) is 12.7 Å². The van der Waals surface area contributed by atoms with E-state index in [0.29, 0.717) is 6.20 Å². The number of rotatable bonds is 3. The number of hydrogen-bond donors (Lipinski definition) is 1. The largest absolute Gasteiger partial charge is 0.417 e. The summed E-state index contributed by atoms with van der Waals surface area (Å²) in [6.45, 7) is -0.152. The monoisotopic (exact) mass is 292 g/mol. The first-order valence-electron chi connectivity index (χ1n) is 5.43. The molecular weight excluding hydrogens is 283 g/mol. The maximum absolute atomic E-state index is 12.9. The molecule has 108 valence electrons. The number of halogens is 5. The summed E-state index contributed by atoms with van der Waals surface area (Å²) >= 11 is 0. The van der Waals surface area contributed by atoms with E-state index in [1.807, 2.05) is 0 Å². The fourth-order valence-corrected chi connectivity index (χ4v) is 1.64. The van der Waals surface area contributed by atoms with Crippen molar-refractivity contribution in [2.75, 3.05) is 0 Å². The standard InChI is InChI=1S/C11H9F5N4/c12-10(13)9-6(3-17)4-19-20(9)8-2-1-7(5-18-8)11(14,15)16/h1-2,4-5,10H,3,17H2. The van der Waals surface area contributed by atoms with Crippen LogP contribution < -0.4 is 5.73 Å². The van der Waals surface area contributed by atoms with Gasteiger partial charge in [0.25, 0.3) is 6.43 Å². The topological polar surface area (TPSA) is 56.7 Å². The van der Waals surface area contributed by atoms with Crippen molar-refractivity contribution in [2.45, 2.75) is 19.1 Å². The molecule has 0 radical (unpaired) electrons.